The molecule has 0 aromatic carbocycles. The van der Waals surface area contributed by atoms with E-state index in [2.05, 4.69) is 37.3 Å². The van der Waals surface area contributed by atoms with Gasteiger partial charge in [0, 0.05) is 78.6 Å². The highest BCUT2D eigenvalue weighted by Crippen LogP contribution is 2.43. The minimum Gasteiger partial charge on any atom is -0.481 e. The lowest BCUT2D eigenvalue weighted by atomic mass is 9.87. The van der Waals surface area contributed by atoms with Crippen molar-refractivity contribution in [3.63, 3.8) is 0 Å². The Hall–Kier alpha value is -5.02. The topological polar surface area (TPSA) is 138 Å². The minimum absolute atomic E-state index is 0.291. The molecule has 1 saturated carbocycles. The van der Waals surface area contributed by atoms with E-state index in [1.165, 1.54) is 11.8 Å². The zero-order chi connectivity index (χ0) is 32.2. The maximum Gasteiger partial charge on any atom is 0.408 e. The number of carbonyl (C=O) groups is 2. The molecule has 1 aliphatic carbocycles. The third kappa shape index (κ3) is 5.51. The second kappa shape index (κ2) is 11.1. The third-order valence-corrected chi connectivity index (χ3v) is 8.98. The number of pyridine rings is 3. The van der Waals surface area contributed by atoms with Crippen molar-refractivity contribution in [2.24, 2.45) is 0 Å². The Labute approximate surface area is 266 Å². The molecule has 7 heterocycles. The molecule has 1 N–H and O–H groups in total. The van der Waals surface area contributed by atoms with Crippen LogP contribution in [0, 0.1) is 11.3 Å². The lowest BCUT2D eigenvalue weighted by molar-refractivity contribution is -0.00876. The van der Waals surface area contributed by atoms with Crippen molar-refractivity contribution in [3.8, 4) is 23.1 Å². The molecule has 0 radical (unpaired) electrons. The SMILES string of the molecule is COc1ccc(CN2C3CC2CN(c2ccc(-c4cc(C(=O)C5(OC(=O)NC(C)(C)C)CC5)cn5ncc(C#N)c45)cn2)C3)cn1. The summed E-state index contributed by atoms with van der Waals surface area (Å²) >= 11 is 0. The number of ketones is 1. The summed E-state index contributed by atoms with van der Waals surface area (Å²) in [5.74, 6) is 1.21. The quantitative estimate of drug-likeness (QED) is 0.283. The maximum atomic E-state index is 13.8. The van der Waals surface area contributed by atoms with Crippen LogP contribution in [-0.4, -0.2) is 79.8 Å². The van der Waals surface area contributed by atoms with Crippen LogP contribution in [0.1, 0.15) is 61.5 Å². The second-order valence-electron chi connectivity index (χ2n) is 13.4. The molecular weight excluding hydrogens is 584 g/mol. The van der Waals surface area contributed by atoms with E-state index in [1.807, 2.05) is 45.2 Å². The van der Waals surface area contributed by atoms with Gasteiger partial charge in [0.05, 0.1) is 24.4 Å². The summed E-state index contributed by atoms with van der Waals surface area (Å²) in [6.45, 7) is 8.18. The second-order valence-corrected chi connectivity index (χ2v) is 13.4. The summed E-state index contributed by atoms with van der Waals surface area (Å²) in [5, 5.41) is 16.9. The molecule has 236 valence electrons. The van der Waals surface area contributed by atoms with Gasteiger partial charge in [-0.15, -0.1) is 0 Å². The first-order valence-corrected chi connectivity index (χ1v) is 15.5. The molecule has 8 rings (SSSR count). The largest absolute Gasteiger partial charge is 0.481 e. The molecule has 4 fully saturated rings. The minimum atomic E-state index is -1.21. The Bertz CT molecular complexity index is 1840. The fourth-order valence-corrected chi connectivity index (χ4v) is 6.51. The van der Waals surface area contributed by atoms with Crippen LogP contribution in [-0.2, 0) is 11.3 Å². The molecule has 4 aromatic rings. The van der Waals surface area contributed by atoms with Gasteiger partial charge in [0.25, 0.3) is 0 Å². The zero-order valence-corrected chi connectivity index (χ0v) is 26.4. The highest BCUT2D eigenvalue weighted by atomic mass is 16.6. The number of rotatable bonds is 8. The summed E-state index contributed by atoms with van der Waals surface area (Å²) in [7, 11) is 1.62. The van der Waals surface area contributed by atoms with Crippen molar-refractivity contribution < 1.29 is 19.1 Å². The number of piperidine rings is 1. The maximum absolute atomic E-state index is 13.8. The van der Waals surface area contributed by atoms with Crippen molar-refractivity contribution >= 4 is 23.2 Å². The molecule has 4 aromatic heterocycles. The van der Waals surface area contributed by atoms with Gasteiger partial charge in [-0.1, -0.05) is 6.07 Å². The number of ether oxygens (including phenoxy) is 2. The van der Waals surface area contributed by atoms with E-state index in [4.69, 9.17) is 14.5 Å². The summed E-state index contributed by atoms with van der Waals surface area (Å²) < 4.78 is 12.4. The van der Waals surface area contributed by atoms with Crippen LogP contribution >= 0.6 is 0 Å². The van der Waals surface area contributed by atoms with Crippen molar-refractivity contribution in [2.45, 2.75) is 69.8 Å². The molecule has 4 aliphatic rings. The Morgan fingerprint density at radius 1 is 1.09 bits per heavy atom. The number of hydrogen-bond acceptors (Lipinski definition) is 10. The normalized spacial score (nSPS) is 20.0. The summed E-state index contributed by atoms with van der Waals surface area (Å²) in [4.78, 5) is 40.3. The highest BCUT2D eigenvalue weighted by Gasteiger charge is 2.54. The van der Waals surface area contributed by atoms with Gasteiger partial charge in [-0.3, -0.25) is 9.69 Å². The van der Waals surface area contributed by atoms with Crippen molar-refractivity contribution in [1.82, 2.24) is 29.8 Å². The van der Waals surface area contributed by atoms with E-state index in [0.717, 1.165) is 37.4 Å². The Morgan fingerprint density at radius 2 is 1.87 bits per heavy atom. The molecule has 12 heteroatoms. The number of piperazine rings is 1. The smallest absolute Gasteiger partial charge is 0.408 e. The third-order valence-electron chi connectivity index (χ3n) is 8.98. The number of nitrogens with zero attached hydrogens (tertiary/aromatic N) is 7. The number of nitrogens with one attached hydrogen (secondary N) is 1. The molecular formula is C34H36N8O4. The van der Waals surface area contributed by atoms with Crippen LogP contribution in [0.3, 0.4) is 0 Å². The number of methoxy groups -OCH3 is 1. The number of aromatic nitrogens is 4. The predicted molar refractivity (Wildman–Crippen MR) is 170 cm³/mol. The van der Waals surface area contributed by atoms with Gasteiger partial charge in [-0.2, -0.15) is 10.4 Å². The van der Waals surface area contributed by atoms with Crippen LogP contribution < -0.4 is 15.0 Å². The molecule has 46 heavy (non-hydrogen) atoms. The summed E-state index contributed by atoms with van der Waals surface area (Å²) in [6, 6.07) is 12.8. The summed E-state index contributed by atoms with van der Waals surface area (Å²) in [5.41, 5.74) is 2.22. The van der Waals surface area contributed by atoms with Crippen molar-refractivity contribution in [2.75, 3.05) is 25.1 Å². The Balaban J connectivity index is 1.10. The first-order chi connectivity index (χ1) is 22.1. The lowest BCUT2D eigenvalue weighted by Crippen LogP contribution is -2.68. The van der Waals surface area contributed by atoms with Gasteiger partial charge >= 0.3 is 6.09 Å². The van der Waals surface area contributed by atoms with Crippen LogP contribution in [0.2, 0.25) is 0 Å². The number of nitriles is 1. The first-order valence-electron chi connectivity index (χ1n) is 15.5. The van der Waals surface area contributed by atoms with E-state index >= 15 is 0 Å². The number of alkyl carbamates (subject to hydrolysis) is 1. The van der Waals surface area contributed by atoms with E-state index in [9.17, 15) is 14.9 Å². The van der Waals surface area contributed by atoms with Crippen molar-refractivity contribution in [3.05, 3.63) is 71.8 Å². The molecule has 2 bridgehead atoms. The Morgan fingerprint density at radius 3 is 2.48 bits per heavy atom. The standard InChI is InChI=1S/C34H36N8O4/c1-33(2,3)39-32(44)46-34(9-10-34)31(43)23-11-27(30-24(13-35)16-38-42(30)18-23)22-6-7-28(36-15-22)40-19-25-12-26(20-40)41(25)17-21-5-8-29(45-4)37-14-21/h5-8,11,14-16,18,25-26H,9-10,12,17,19-20H2,1-4H3,(H,39,44). The van der Waals surface area contributed by atoms with Crippen molar-refractivity contribution in [1.29, 1.82) is 5.26 Å². The average molecular weight is 621 g/mol. The van der Waals surface area contributed by atoms with Crippen LogP contribution in [0.4, 0.5) is 10.6 Å². The van der Waals surface area contributed by atoms with Gasteiger partial charge in [-0.25, -0.2) is 19.3 Å². The van der Waals surface area contributed by atoms with Crippen LogP contribution in [0.25, 0.3) is 16.6 Å². The number of anilines is 1. The van der Waals surface area contributed by atoms with E-state index in [0.29, 0.717) is 53.0 Å². The molecule has 1 amide bonds. The first kappa shape index (κ1) is 29.7. The van der Waals surface area contributed by atoms with Crippen LogP contribution in [0.15, 0.2) is 55.1 Å². The van der Waals surface area contributed by atoms with Gasteiger partial charge in [0.15, 0.2) is 5.60 Å². The lowest BCUT2D eigenvalue weighted by Gasteiger charge is -2.56. The van der Waals surface area contributed by atoms with Gasteiger partial charge in [0.2, 0.25) is 11.7 Å². The van der Waals surface area contributed by atoms with Crippen LogP contribution in [0.5, 0.6) is 5.88 Å². The van der Waals surface area contributed by atoms with Gasteiger partial charge in [-0.05, 0) is 63.8 Å². The molecule has 2 unspecified atom stereocenters. The fraction of sp³-hybridized carbons (Fsp3) is 0.412. The zero-order valence-electron chi connectivity index (χ0n) is 26.4. The number of amides is 1. The molecule has 3 aliphatic heterocycles. The van der Waals surface area contributed by atoms with Gasteiger partial charge < -0.3 is 19.7 Å². The highest BCUT2D eigenvalue weighted by molar-refractivity contribution is 6.07. The fourth-order valence-electron chi connectivity index (χ4n) is 6.51. The van der Waals surface area contributed by atoms with E-state index < -0.39 is 17.2 Å². The average Bonchev–Trinajstić information content (AvgIpc) is 3.70. The summed E-state index contributed by atoms with van der Waals surface area (Å²) in [6.07, 6.45) is 8.19. The number of hydrogen-bond donors (Lipinski definition) is 1. The number of carbonyl (C=O) groups excluding carboxylic acids is 2. The van der Waals surface area contributed by atoms with Gasteiger partial charge in [0.1, 0.15) is 11.9 Å². The molecule has 12 nitrogen and oxygen atoms in total. The monoisotopic (exact) mass is 620 g/mol. The molecule has 2 atom stereocenters. The molecule has 0 spiro atoms. The Kier molecular flexibility index (Phi) is 7.16. The van der Waals surface area contributed by atoms with E-state index in [1.54, 1.807) is 30.1 Å². The van der Waals surface area contributed by atoms with E-state index in [-0.39, 0.29) is 5.78 Å². The molecule has 3 saturated heterocycles. The predicted octanol–water partition coefficient (Wildman–Crippen LogP) is 4.37. The number of fused-ring (bicyclic) bond motifs is 3. The number of Topliss-reactive ketones (excluding diaryl/α,β-unsaturated/α-hetero) is 1.